The van der Waals surface area contributed by atoms with Crippen molar-refractivity contribution in [3.63, 3.8) is 0 Å². The molecule has 1 aromatic carbocycles. The summed E-state index contributed by atoms with van der Waals surface area (Å²) in [6, 6.07) is 8.33. The molecule has 2 rings (SSSR count). The molecule has 1 aromatic heterocycles. The van der Waals surface area contributed by atoms with Crippen LogP contribution in [0, 0.1) is 13.8 Å². The Balaban J connectivity index is 2.27. The minimum absolute atomic E-state index is 0.546. The van der Waals surface area contributed by atoms with Gasteiger partial charge in [-0.05, 0) is 26.0 Å². The van der Waals surface area contributed by atoms with Crippen LogP contribution in [0.25, 0.3) is 0 Å². The number of aromatic nitrogens is 2. The van der Waals surface area contributed by atoms with Gasteiger partial charge in [-0.1, -0.05) is 29.5 Å². The predicted octanol–water partition coefficient (Wildman–Crippen LogP) is 2.83. The third kappa shape index (κ3) is 2.33. The number of aryl methyl sites for hydroxylation is 1. The first-order valence-corrected chi connectivity index (χ1v) is 5.80. The van der Waals surface area contributed by atoms with Crippen LogP contribution >= 0.6 is 11.8 Å². The zero-order valence-corrected chi connectivity index (χ0v) is 10.1. The van der Waals surface area contributed by atoms with E-state index in [1.165, 1.54) is 11.9 Å². The van der Waals surface area contributed by atoms with E-state index in [1.807, 2.05) is 6.92 Å². The summed E-state index contributed by atoms with van der Waals surface area (Å²) < 4.78 is 0. The lowest BCUT2D eigenvalue weighted by molar-refractivity contribution is 1.01. The van der Waals surface area contributed by atoms with Gasteiger partial charge in [0, 0.05) is 10.5 Å². The summed E-state index contributed by atoms with van der Waals surface area (Å²) in [6.07, 6.45) is 1.50. The molecule has 82 valence electrons. The first-order valence-electron chi connectivity index (χ1n) is 4.98. The van der Waals surface area contributed by atoms with Crippen molar-refractivity contribution in [3.8, 4) is 0 Å². The van der Waals surface area contributed by atoms with Crippen LogP contribution in [-0.4, -0.2) is 9.97 Å². The second kappa shape index (κ2) is 4.53. The molecule has 16 heavy (non-hydrogen) atoms. The quantitative estimate of drug-likeness (QED) is 0.807. The van der Waals surface area contributed by atoms with Gasteiger partial charge >= 0.3 is 0 Å². The first kappa shape index (κ1) is 11.0. The molecule has 0 unspecified atom stereocenters. The predicted molar refractivity (Wildman–Crippen MR) is 66.5 cm³/mol. The van der Waals surface area contributed by atoms with E-state index in [0.717, 1.165) is 15.5 Å². The molecule has 0 radical (unpaired) electrons. The number of anilines is 1. The number of hydrogen-bond acceptors (Lipinski definition) is 4. The molecule has 2 N–H and O–H groups in total. The van der Waals surface area contributed by atoms with Crippen molar-refractivity contribution in [1.29, 1.82) is 0 Å². The van der Waals surface area contributed by atoms with Gasteiger partial charge in [0.25, 0.3) is 0 Å². The Kier molecular flexibility index (Phi) is 3.10. The molecule has 0 aliphatic carbocycles. The fraction of sp³-hybridized carbons (Fsp3) is 0.167. The molecule has 0 spiro atoms. The Morgan fingerprint density at radius 1 is 1.06 bits per heavy atom. The van der Waals surface area contributed by atoms with E-state index in [4.69, 9.17) is 5.73 Å². The molecular weight excluding hydrogens is 218 g/mol. The van der Waals surface area contributed by atoms with Crippen molar-refractivity contribution in [3.05, 3.63) is 41.7 Å². The smallest absolute Gasteiger partial charge is 0.130 e. The van der Waals surface area contributed by atoms with Crippen LogP contribution in [0.5, 0.6) is 0 Å². The molecule has 0 aliphatic heterocycles. The van der Waals surface area contributed by atoms with Gasteiger partial charge < -0.3 is 5.73 Å². The molecule has 0 saturated heterocycles. The largest absolute Gasteiger partial charge is 0.383 e. The molecule has 0 fully saturated rings. The van der Waals surface area contributed by atoms with E-state index in [0.29, 0.717) is 5.82 Å². The van der Waals surface area contributed by atoms with Crippen molar-refractivity contribution in [2.24, 2.45) is 0 Å². The topological polar surface area (TPSA) is 51.8 Å². The average Bonchev–Trinajstić information content (AvgIpc) is 2.28. The third-order valence-corrected chi connectivity index (χ3v) is 3.43. The summed E-state index contributed by atoms with van der Waals surface area (Å²) in [5.41, 5.74) is 7.93. The summed E-state index contributed by atoms with van der Waals surface area (Å²) in [5.74, 6) is 0.546. The minimum atomic E-state index is 0.546. The molecule has 0 atom stereocenters. The fourth-order valence-electron chi connectivity index (χ4n) is 1.27. The maximum Gasteiger partial charge on any atom is 0.130 e. The number of nitrogen functional groups attached to an aromatic ring is 1. The summed E-state index contributed by atoms with van der Waals surface area (Å²) in [7, 11) is 0. The van der Waals surface area contributed by atoms with Gasteiger partial charge in [-0.2, -0.15) is 0 Å². The van der Waals surface area contributed by atoms with Crippen LogP contribution in [0.4, 0.5) is 5.82 Å². The normalized spacial score (nSPS) is 10.4. The van der Waals surface area contributed by atoms with Gasteiger partial charge in [0.1, 0.15) is 17.2 Å². The molecule has 0 bridgehead atoms. The lowest BCUT2D eigenvalue weighted by Gasteiger charge is -2.05. The molecule has 0 aliphatic rings. The molecule has 0 amide bonds. The van der Waals surface area contributed by atoms with Crippen molar-refractivity contribution < 1.29 is 0 Å². The first-order chi connectivity index (χ1) is 7.66. The van der Waals surface area contributed by atoms with Gasteiger partial charge in [-0.15, -0.1) is 0 Å². The van der Waals surface area contributed by atoms with Gasteiger partial charge in [0.15, 0.2) is 0 Å². The second-order valence-corrected chi connectivity index (χ2v) is 4.67. The van der Waals surface area contributed by atoms with Crippen LogP contribution in [0.1, 0.15) is 11.1 Å². The van der Waals surface area contributed by atoms with E-state index in [2.05, 4.69) is 41.2 Å². The Bertz CT molecular complexity index is 494. The number of nitrogens with two attached hydrogens (primary N) is 1. The van der Waals surface area contributed by atoms with Crippen molar-refractivity contribution in [2.75, 3.05) is 5.73 Å². The Hall–Kier alpha value is -1.55. The highest BCUT2D eigenvalue weighted by atomic mass is 32.2. The fourth-order valence-corrected chi connectivity index (χ4v) is 2.12. The van der Waals surface area contributed by atoms with E-state index in [1.54, 1.807) is 11.8 Å². The van der Waals surface area contributed by atoms with E-state index in [9.17, 15) is 0 Å². The monoisotopic (exact) mass is 231 g/mol. The highest BCUT2D eigenvalue weighted by molar-refractivity contribution is 7.99. The molecule has 1 heterocycles. The van der Waals surface area contributed by atoms with Gasteiger partial charge in [0.05, 0.1) is 0 Å². The SMILES string of the molecule is Cc1ccc(Sc2ncnc(N)c2C)cc1. The minimum Gasteiger partial charge on any atom is -0.383 e. The summed E-state index contributed by atoms with van der Waals surface area (Å²) >= 11 is 1.61. The standard InChI is InChI=1S/C12H13N3S/c1-8-3-5-10(6-4-8)16-12-9(2)11(13)14-7-15-12/h3-7H,1-2H3,(H2,13,14,15). The van der Waals surface area contributed by atoms with Gasteiger partial charge in [-0.25, -0.2) is 9.97 Å². The summed E-state index contributed by atoms with van der Waals surface area (Å²) in [6.45, 7) is 4.01. The highest BCUT2D eigenvalue weighted by Crippen LogP contribution is 2.29. The van der Waals surface area contributed by atoms with E-state index in [-0.39, 0.29) is 0 Å². The molecular formula is C12H13N3S. The molecule has 2 aromatic rings. The van der Waals surface area contributed by atoms with Crippen molar-refractivity contribution >= 4 is 17.6 Å². The van der Waals surface area contributed by atoms with E-state index < -0.39 is 0 Å². The van der Waals surface area contributed by atoms with Crippen LogP contribution in [0.3, 0.4) is 0 Å². The lowest BCUT2D eigenvalue weighted by Crippen LogP contribution is -1.97. The molecule has 4 heteroatoms. The highest BCUT2D eigenvalue weighted by Gasteiger charge is 2.05. The summed E-state index contributed by atoms with van der Waals surface area (Å²) in [5, 5.41) is 0.913. The van der Waals surface area contributed by atoms with Crippen molar-refractivity contribution in [2.45, 2.75) is 23.8 Å². The zero-order chi connectivity index (χ0) is 11.5. The number of hydrogen-bond donors (Lipinski definition) is 1. The number of nitrogens with zero attached hydrogens (tertiary/aromatic N) is 2. The maximum absolute atomic E-state index is 5.73. The van der Waals surface area contributed by atoms with Crippen LogP contribution in [0.15, 0.2) is 40.5 Å². The van der Waals surface area contributed by atoms with E-state index >= 15 is 0 Å². The van der Waals surface area contributed by atoms with Gasteiger partial charge in [0.2, 0.25) is 0 Å². The zero-order valence-electron chi connectivity index (χ0n) is 9.27. The van der Waals surface area contributed by atoms with Gasteiger partial charge in [-0.3, -0.25) is 0 Å². The lowest BCUT2D eigenvalue weighted by atomic mass is 10.2. The average molecular weight is 231 g/mol. The Morgan fingerprint density at radius 2 is 1.75 bits per heavy atom. The maximum atomic E-state index is 5.73. The summed E-state index contributed by atoms with van der Waals surface area (Å²) in [4.78, 5) is 9.34. The number of rotatable bonds is 2. The second-order valence-electron chi connectivity index (χ2n) is 3.60. The number of benzene rings is 1. The Morgan fingerprint density at radius 3 is 2.44 bits per heavy atom. The Labute approximate surface area is 99.1 Å². The molecule has 0 saturated carbocycles. The van der Waals surface area contributed by atoms with Crippen LogP contribution in [-0.2, 0) is 0 Å². The third-order valence-electron chi connectivity index (χ3n) is 2.31. The van der Waals surface area contributed by atoms with Crippen LogP contribution < -0.4 is 5.73 Å². The van der Waals surface area contributed by atoms with Crippen molar-refractivity contribution in [1.82, 2.24) is 9.97 Å². The van der Waals surface area contributed by atoms with Crippen LogP contribution in [0.2, 0.25) is 0 Å². The molecule has 3 nitrogen and oxygen atoms in total.